The maximum atomic E-state index is 5.57. The number of amidine groups is 1. The van der Waals surface area contributed by atoms with Gasteiger partial charge in [-0.2, -0.15) is 5.10 Å². The van der Waals surface area contributed by atoms with Gasteiger partial charge in [0.05, 0.1) is 0 Å². The Morgan fingerprint density at radius 3 is 2.75 bits per heavy atom. The molecular formula is C8H10BrN3. The van der Waals surface area contributed by atoms with Crippen LogP contribution in [0.15, 0.2) is 27.8 Å². The monoisotopic (exact) mass is 227 g/mol. The Morgan fingerprint density at radius 2 is 2.17 bits per heavy atom. The molecule has 4 heteroatoms. The predicted octanol–water partition coefficient (Wildman–Crippen LogP) is 1.34. The van der Waals surface area contributed by atoms with E-state index in [1.807, 2.05) is 25.1 Å². The lowest BCUT2D eigenvalue weighted by molar-refractivity contribution is 1.22. The van der Waals surface area contributed by atoms with Gasteiger partial charge >= 0.3 is 0 Å². The van der Waals surface area contributed by atoms with Crippen molar-refractivity contribution in [3.63, 3.8) is 0 Å². The summed E-state index contributed by atoms with van der Waals surface area (Å²) in [6.07, 6.45) is 0. The summed E-state index contributed by atoms with van der Waals surface area (Å²) in [6, 6.07) is 5.72. The van der Waals surface area contributed by atoms with Crippen molar-refractivity contribution in [2.24, 2.45) is 16.7 Å². The van der Waals surface area contributed by atoms with Crippen LogP contribution >= 0.6 is 15.9 Å². The quantitative estimate of drug-likeness (QED) is 0.329. The molecule has 0 bridgehead atoms. The number of halogens is 1. The zero-order valence-electron chi connectivity index (χ0n) is 6.71. The molecule has 0 fully saturated rings. The van der Waals surface area contributed by atoms with Gasteiger partial charge in [0.2, 0.25) is 0 Å². The van der Waals surface area contributed by atoms with Crippen molar-refractivity contribution in [1.82, 2.24) is 0 Å². The highest BCUT2D eigenvalue weighted by molar-refractivity contribution is 9.10. The maximum absolute atomic E-state index is 5.57. The van der Waals surface area contributed by atoms with Crippen molar-refractivity contribution in [2.75, 3.05) is 0 Å². The van der Waals surface area contributed by atoms with E-state index in [0.29, 0.717) is 5.84 Å². The third kappa shape index (κ3) is 1.58. The molecule has 0 amide bonds. The Morgan fingerprint density at radius 1 is 1.50 bits per heavy atom. The van der Waals surface area contributed by atoms with E-state index < -0.39 is 0 Å². The number of nitrogens with two attached hydrogens (primary N) is 2. The number of hydrazone groups is 1. The van der Waals surface area contributed by atoms with Crippen molar-refractivity contribution in [3.05, 3.63) is 33.8 Å². The molecule has 0 saturated heterocycles. The van der Waals surface area contributed by atoms with Crippen LogP contribution in [0.3, 0.4) is 0 Å². The Bertz CT molecular complexity index is 320. The summed E-state index contributed by atoms with van der Waals surface area (Å²) >= 11 is 3.39. The van der Waals surface area contributed by atoms with Gasteiger partial charge < -0.3 is 11.6 Å². The lowest BCUT2D eigenvalue weighted by atomic mass is 10.1. The second kappa shape index (κ2) is 3.58. The van der Waals surface area contributed by atoms with Crippen molar-refractivity contribution in [1.29, 1.82) is 0 Å². The molecule has 0 saturated carbocycles. The molecule has 0 spiro atoms. The Labute approximate surface area is 79.6 Å². The standard InChI is InChI=1S/C8H10BrN3/c1-5-6(8(10)12-11)3-2-4-7(5)9/h2-4H,11H2,1H3,(H2,10,12). The van der Waals surface area contributed by atoms with Gasteiger partial charge in [-0.1, -0.05) is 28.1 Å². The van der Waals surface area contributed by atoms with Gasteiger partial charge in [0.15, 0.2) is 5.84 Å². The fourth-order valence-corrected chi connectivity index (χ4v) is 1.32. The molecule has 0 aliphatic rings. The van der Waals surface area contributed by atoms with Crippen LogP contribution in [0.5, 0.6) is 0 Å². The van der Waals surface area contributed by atoms with Crippen LogP contribution in [-0.4, -0.2) is 5.84 Å². The molecule has 0 unspecified atom stereocenters. The third-order valence-electron chi connectivity index (χ3n) is 1.68. The first kappa shape index (κ1) is 9.06. The highest BCUT2D eigenvalue weighted by Gasteiger charge is 2.04. The first-order chi connectivity index (χ1) is 5.66. The van der Waals surface area contributed by atoms with Crippen molar-refractivity contribution < 1.29 is 0 Å². The van der Waals surface area contributed by atoms with Crippen LogP contribution in [0.25, 0.3) is 0 Å². The summed E-state index contributed by atoms with van der Waals surface area (Å²) in [5, 5.41) is 3.43. The number of nitrogens with zero attached hydrogens (tertiary/aromatic N) is 1. The highest BCUT2D eigenvalue weighted by atomic mass is 79.9. The zero-order chi connectivity index (χ0) is 9.14. The Kier molecular flexibility index (Phi) is 2.70. The number of rotatable bonds is 1. The molecule has 0 heterocycles. The lowest BCUT2D eigenvalue weighted by Crippen LogP contribution is -2.16. The first-order valence-corrected chi connectivity index (χ1v) is 4.25. The largest absolute Gasteiger partial charge is 0.382 e. The first-order valence-electron chi connectivity index (χ1n) is 3.45. The number of benzene rings is 1. The molecule has 3 nitrogen and oxygen atoms in total. The van der Waals surface area contributed by atoms with E-state index in [4.69, 9.17) is 11.6 Å². The molecule has 0 aliphatic carbocycles. The molecule has 0 atom stereocenters. The van der Waals surface area contributed by atoms with E-state index in [2.05, 4.69) is 21.0 Å². The Balaban J connectivity index is 3.26. The van der Waals surface area contributed by atoms with Gasteiger partial charge in [-0.05, 0) is 18.6 Å². The van der Waals surface area contributed by atoms with Crippen LogP contribution in [0, 0.1) is 6.92 Å². The zero-order valence-corrected chi connectivity index (χ0v) is 8.30. The fourth-order valence-electron chi connectivity index (χ4n) is 0.954. The van der Waals surface area contributed by atoms with E-state index in [1.54, 1.807) is 0 Å². The van der Waals surface area contributed by atoms with Crippen LogP contribution < -0.4 is 11.6 Å². The molecular weight excluding hydrogens is 218 g/mol. The molecule has 0 aromatic heterocycles. The molecule has 12 heavy (non-hydrogen) atoms. The second-order valence-electron chi connectivity index (χ2n) is 2.43. The molecule has 0 aliphatic heterocycles. The van der Waals surface area contributed by atoms with Crippen molar-refractivity contribution in [2.45, 2.75) is 6.92 Å². The Hall–Kier alpha value is -1.03. The maximum Gasteiger partial charge on any atom is 0.150 e. The van der Waals surface area contributed by atoms with Crippen LogP contribution in [-0.2, 0) is 0 Å². The van der Waals surface area contributed by atoms with Gasteiger partial charge in [0, 0.05) is 10.0 Å². The molecule has 4 N–H and O–H groups in total. The van der Waals surface area contributed by atoms with E-state index >= 15 is 0 Å². The minimum absolute atomic E-state index is 0.355. The van der Waals surface area contributed by atoms with E-state index in [0.717, 1.165) is 15.6 Å². The number of hydrogen-bond acceptors (Lipinski definition) is 2. The summed E-state index contributed by atoms with van der Waals surface area (Å²) in [5.41, 5.74) is 7.48. The van der Waals surface area contributed by atoms with E-state index in [1.165, 1.54) is 0 Å². The third-order valence-corrected chi connectivity index (χ3v) is 2.54. The van der Waals surface area contributed by atoms with Crippen LogP contribution in [0.4, 0.5) is 0 Å². The second-order valence-corrected chi connectivity index (χ2v) is 3.28. The molecule has 1 aromatic carbocycles. The molecule has 64 valence electrons. The van der Waals surface area contributed by atoms with E-state index in [-0.39, 0.29) is 0 Å². The summed E-state index contributed by atoms with van der Waals surface area (Å²) in [4.78, 5) is 0. The van der Waals surface area contributed by atoms with Gasteiger partial charge in [-0.15, -0.1) is 0 Å². The average molecular weight is 228 g/mol. The summed E-state index contributed by atoms with van der Waals surface area (Å²) < 4.78 is 1.01. The van der Waals surface area contributed by atoms with Crippen LogP contribution in [0.2, 0.25) is 0 Å². The van der Waals surface area contributed by atoms with Gasteiger partial charge in [0.1, 0.15) is 0 Å². The lowest BCUT2D eigenvalue weighted by Gasteiger charge is -2.04. The average Bonchev–Trinajstić information content (AvgIpc) is 2.08. The summed E-state index contributed by atoms with van der Waals surface area (Å²) in [7, 11) is 0. The molecule has 1 rings (SSSR count). The SMILES string of the molecule is Cc1c(Br)cccc1C(N)=NN. The summed E-state index contributed by atoms with van der Waals surface area (Å²) in [6.45, 7) is 1.96. The van der Waals surface area contributed by atoms with Crippen LogP contribution in [0.1, 0.15) is 11.1 Å². The summed E-state index contributed by atoms with van der Waals surface area (Å²) in [5.74, 6) is 5.43. The van der Waals surface area contributed by atoms with Gasteiger partial charge in [-0.3, -0.25) is 0 Å². The minimum Gasteiger partial charge on any atom is -0.382 e. The van der Waals surface area contributed by atoms with Crippen molar-refractivity contribution >= 4 is 21.8 Å². The highest BCUT2D eigenvalue weighted by Crippen LogP contribution is 2.18. The molecule has 0 radical (unpaired) electrons. The van der Waals surface area contributed by atoms with Gasteiger partial charge in [0.25, 0.3) is 0 Å². The van der Waals surface area contributed by atoms with E-state index in [9.17, 15) is 0 Å². The predicted molar refractivity (Wildman–Crippen MR) is 53.8 cm³/mol. The minimum atomic E-state index is 0.355. The fraction of sp³-hybridized carbons (Fsp3) is 0.125. The number of hydrogen-bond donors (Lipinski definition) is 2. The normalized spacial score (nSPS) is 11.7. The molecule has 1 aromatic rings. The topological polar surface area (TPSA) is 64.4 Å². The van der Waals surface area contributed by atoms with Gasteiger partial charge in [-0.25, -0.2) is 0 Å². The van der Waals surface area contributed by atoms with Crippen molar-refractivity contribution in [3.8, 4) is 0 Å². The smallest absolute Gasteiger partial charge is 0.150 e.